The van der Waals surface area contributed by atoms with Gasteiger partial charge in [-0.25, -0.2) is 0 Å². The SMILES string of the molecule is c1ccc(CNC2CCN(c3cccc(-c4cc5ccccc5[nH]4)c3)CC2)cc1. The van der Waals surface area contributed by atoms with Gasteiger partial charge in [0.15, 0.2) is 0 Å². The normalized spacial score (nSPS) is 15.1. The molecule has 3 nitrogen and oxygen atoms in total. The lowest BCUT2D eigenvalue weighted by atomic mass is 10.0. The summed E-state index contributed by atoms with van der Waals surface area (Å²) in [4.78, 5) is 6.07. The number of hydrogen-bond acceptors (Lipinski definition) is 2. The molecule has 1 aromatic heterocycles. The van der Waals surface area contributed by atoms with E-state index in [1.807, 2.05) is 0 Å². The van der Waals surface area contributed by atoms with E-state index in [0.29, 0.717) is 6.04 Å². The van der Waals surface area contributed by atoms with Crippen molar-refractivity contribution in [1.82, 2.24) is 10.3 Å². The van der Waals surface area contributed by atoms with Crippen molar-refractivity contribution < 1.29 is 0 Å². The smallest absolute Gasteiger partial charge is 0.0465 e. The zero-order valence-corrected chi connectivity index (χ0v) is 16.6. The molecule has 1 saturated heterocycles. The first-order chi connectivity index (χ1) is 14.3. The number of rotatable bonds is 5. The second-order valence-corrected chi connectivity index (χ2v) is 7.95. The molecule has 1 aliphatic heterocycles. The molecule has 5 rings (SSSR count). The van der Waals surface area contributed by atoms with Crippen LogP contribution in [0.2, 0.25) is 0 Å². The number of nitrogens with zero attached hydrogens (tertiary/aromatic N) is 1. The van der Waals surface area contributed by atoms with Gasteiger partial charge in [0, 0.05) is 48.0 Å². The van der Waals surface area contributed by atoms with Crippen molar-refractivity contribution in [2.24, 2.45) is 0 Å². The Kier molecular flexibility index (Phi) is 5.06. The molecule has 1 fully saturated rings. The Hall–Kier alpha value is -3.04. The lowest BCUT2D eigenvalue weighted by Gasteiger charge is -2.34. The molecule has 0 atom stereocenters. The van der Waals surface area contributed by atoms with Crippen LogP contribution in [0.4, 0.5) is 5.69 Å². The first kappa shape index (κ1) is 18.0. The predicted molar refractivity (Wildman–Crippen MR) is 122 cm³/mol. The van der Waals surface area contributed by atoms with Crippen LogP contribution in [0.15, 0.2) is 84.9 Å². The summed E-state index contributed by atoms with van der Waals surface area (Å²) >= 11 is 0. The molecule has 0 radical (unpaired) electrons. The third-order valence-corrected chi connectivity index (χ3v) is 5.98. The Labute approximate surface area is 172 Å². The highest BCUT2D eigenvalue weighted by molar-refractivity contribution is 5.86. The number of aromatic amines is 1. The predicted octanol–water partition coefficient (Wildman–Crippen LogP) is 5.59. The summed E-state index contributed by atoms with van der Waals surface area (Å²) in [5, 5.41) is 4.99. The highest BCUT2D eigenvalue weighted by Gasteiger charge is 2.19. The topological polar surface area (TPSA) is 31.1 Å². The zero-order chi connectivity index (χ0) is 19.5. The first-order valence-corrected chi connectivity index (χ1v) is 10.6. The summed E-state index contributed by atoms with van der Waals surface area (Å²) in [6, 6.07) is 30.9. The van der Waals surface area contributed by atoms with Crippen molar-refractivity contribution in [2.45, 2.75) is 25.4 Å². The lowest BCUT2D eigenvalue weighted by Crippen LogP contribution is -2.42. The number of aromatic nitrogens is 1. The second kappa shape index (κ2) is 8.14. The second-order valence-electron chi connectivity index (χ2n) is 7.95. The highest BCUT2D eigenvalue weighted by Crippen LogP contribution is 2.28. The van der Waals surface area contributed by atoms with Crippen LogP contribution in [0.1, 0.15) is 18.4 Å². The van der Waals surface area contributed by atoms with Crippen LogP contribution >= 0.6 is 0 Å². The quantitative estimate of drug-likeness (QED) is 0.472. The minimum absolute atomic E-state index is 0.600. The van der Waals surface area contributed by atoms with Gasteiger partial charge in [0.05, 0.1) is 0 Å². The summed E-state index contributed by atoms with van der Waals surface area (Å²) in [6.45, 7) is 3.16. The Morgan fingerprint density at radius 1 is 0.828 bits per heavy atom. The molecule has 3 heteroatoms. The molecule has 0 bridgehead atoms. The molecule has 0 amide bonds. The molecular formula is C26H27N3. The molecule has 146 valence electrons. The molecule has 1 aliphatic rings. The van der Waals surface area contributed by atoms with E-state index in [1.165, 1.54) is 46.3 Å². The minimum atomic E-state index is 0.600. The van der Waals surface area contributed by atoms with E-state index in [-0.39, 0.29) is 0 Å². The van der Waals surface area contributed by atoms with Gasteiger partial charge in [-0.15, -0.1) is 0 Å². The first-order valence-electron chi connectivity index (χ1n) is 10.6. The largest absolute Gasteiger partial charge is 0.371 e. The summed E-state index contributed by atoms with van der Waals surface area (Å²) in [5.41, 5.74) is 6.32. The minimum Gasteiger partial charge on any atom is -0.371 e. The van der Waals surface area contributed by atoms with Gasteiger partial charge in [-0.05, 0) is 48.2 Å². The number of piperidine rings is 1. The monoisotopic (exact) mass is 381 g/mol. The Balaban J connectivity index is 1.23. The molecular weight excluding hydrogens is 354 g/mol. The van der Waals surface area contributed by atoms with Gasteiger partial charge in [-0.3, -0.25) is 0 Å². The van der Waals surface area contributed by atoms with E-state index >= 15 is 0 Å². The summed E-state index contributed by atoms with van der Waals surface area (Å²) in [6.07, 6.45) is 2.37. The van der Waals surface area contributed by atoms with Crippen LogP contribution in [0.3, 0.4) is 0 Å². The average Bonchev–Trinajstić information content (AvgIpc) is 3.23. The fraction of sp³-hybridized carbons (Fsp3) is 0.231. The van der Waals surface area contributed by atoms with E-state index in [0.717, 1.165) is 19.6 Å². The summed E-state index contributed by atoms with van der Waals surface area (Å²) < 4.78 is 0. The molecule has 0 spiro atoms. The van der Waals surface area contributed by atoms with Gasteiger partial charge in [-0.2, -0.15) is 0 Å². The number of benzene rings is 3. The van der Waals surface area contributed by atoms with Gasteiger partial charge in [0.2, 0.25) is 0 Å². The van der Waals surface area contributed by atoms with Crippen LogP contribution in [-0.2, 0) is 6.54 Å². The average molecular weight is 382 g/mol. The number of nitrogens with one attached hydrogen (secondary N) is 2. The van der Waals surface area contributed by atoms with Crippen LogP contribution in [0, 0.1) is 0 Å². The van der Waals surface area contributed by atoms with Crippen molar-refractivity contribution >= 4 is 16.6 Å². The third-order valence-electron chi connectivity index (χ3n) is 5.98. The van der Waals surface area contributed by atoms with Crippen LogP contribution in [-0.4, -0.2) is 24.1 Å². The highest BCUT2D eigenvalue weighted by atomic mass is 15.1. The van der Waals surface area contributed by atoms with Gasteiger partial charge < -0.3 is 15.2 Å². The van der Waals surface area contributed by atoms with Crippen molar-refractivity contribution in [3.05, 3.63) is 90.5 Å². The van der Waals surface area contributed by atoms with Crippen LogP contribution < -0.4 is 10.2 Å². The Morgan fingerprint density at radius 2 is 1.62 bits per heavy atom. The maximum atomic E-state index is 3.73. The van der Waals surface area contributed by atoms with E-state index in [9.17, 15) is 0 Å². The van der Waals surface area contributed by atoms with Gasteiger partial charge in [0.25, 0.3) is 0 Å². The maximum Gasteiger partial charge on any atom is 0.0465 e. The van der Waals surface area contributed by atoms with Crippen molar-refractivity contribution in [3.63, 3.8) is 0 Å². The van der Waals surface area contributed by atoms with Crippen molar-refractivity contribution in [2.75, 3.05) is 18.0 Å². The van der Waals surface area contributed by atoms with Crippen LogP contribution in [0.5, 0.6) is 0 Å². The van der Waals surface area contributed by atoms with E-state index < -0.39 is 0 Å². The fourth-order valence-corrected chi connectivity index (χ4v) is 4.30. The number of hydrogen-bond donors (Lipinski definition) is 2. The van der Waals surface area contributed by atoms with E-state index in [1.54, 1.807) is 0 Å². The Morgan fingerprint density at radius 3 is 2.45 bits per heavy atom. The number of para-hydroxylation sites is 1. The van der Waals surface area contributed by atoms with Gasteiger partial charge >= 0.3 is 0 Å². The molecule has 2 heterocycles. The van der Waals surface area contributed by atoms with Crippen LogP contribution in [0.25, 0.3) is 22.2 Å². The standard InChI is InChI=1S/C26H27N3/c1-2-7-20(8-3-1)19-27-23-13-15-29(16-14-23)24-11-6-10-21(17-24)26-18-22-9-4-5-12-25(22)28-26/h1-12,17-18,23,27-28H,13-16,19H2. The number of anilines is 1. The van der Waals surface area contributed by atoms with Crippen molar-refractivity contribution in [3.8, 4) is 11.3 Å². The summed E-state index contributed by atoms with van der Waals surface area (Å²) in [7, 11) is 0. The molecule has 3 aromatic carbocycles. The molecule has 4 aromatic rings. The molecule has 0 unspecified atom stereocenters. The van der Waals surface area contributed by atoms with Gasteiger partial charge in [-0.1, -0.05) is 60.7 Å². The van der Waals surface area contributed by atoms with E-state index in [2.05, 4.69) is 100 Å². The summed E-state index contributed by atoms with van der Waals surface area (Å²) in [5.74, 6) is 0. The third kappa shape index (κ3) is 4.06. The lowest BCUT2D eigenvalue weighted by molar-refractivity contribution is 0.414. The van der Waals surface area contributed by atoms with Gasteiger partial charge in [0.1, 0.15) is 0 Å². The molecule has 0 aliphatic carbocycles. The van der Waals surface area contributed by atoms with Crippen molar-refractivity contribution in [1.29, 1.82) is 0 Å². The van der Waals surface area contributed by atoms with E-state index in [4.69, 9.17) is 0 Å². The number of fused-ring (bicyclic) bond motifs is 1. The molecule has 0 saturated carbocycles. The fourth-order valence-electron chi connectivity index (χ4n) is 4.30. The number of H-pyrrole nitrogens is 1. The molecule has 2 N–H and O–H groups in total. The molecule has 29 heavy (non-hydrogen) atoms. The maximum absolute atomic E-state index is 3.73. The Bertz CT molecular complexity index is 1040. The zero-order valence-electron chi connectivity index (χ0n) is 16.6.